The predicted molar refractivity (Wildman–Crippen MR) is 87.6 cm³/mol. The molecular formula is C15H11Br2NO3. The van der Waals surface area contributed by atoms with E-state index in [0.717, 1.165) is 0 Å². The number of carbonyl (C=O) groups excluding carboxylic acids is 2. The summed E-state index contributed by atoms with van der Waals surface area (Å²) in [5, 5.41) is 2.76. The number of benzene rings is 2. The van der Waals surface area contributed by atoms with E-state index in [2.05, 4.69) is 41.9 Å². The van der Waals surface area contributed by atoms with Crippen molar-refractivity contribution < 1.29 is 14.3 Å². The van der Waals surface area contributed by atoms with Crippen LogP contribution in [0.15, 0.2) is 51.4 Å². The van der Waals surface area contributed by atoms with E-state index in [1.54, 1.807) is 36.4 Å². The summed E-state index contributed by atoms with van der Waals surface area (Å²) in [5.41, 5.74) is 1.37. The van der Waals surface area contributed by atoms with Crippen LogP contribution in [0, 0.1) is 0 Å². The smallest absolute Gasteiger partial charge is 0.337 e. The Kier molecular flexibility index (Phi) is 5.14. The third-order valence-corrected chi connectivity index (χ3v) is 4.14. The number of ether oxygens (including phenoxy) is 1. The minimum absolute atomic E-state index is 0.273. The van der Waals surface area contributed by atoms with E-state index in [9.17, 15) is 9.59 Å². The van der Waals surface area contributed by atoms with Crippen LogP contribution in [-0.2, 0) is 4.74 Å². The van der Waals surface area contributed by atoms with Gasteiger partial charge in [-0.05, 0) is 62.2 Å². The number of hydrogen-bond acceptors (Lipinski definition) is 3. The van der Waals surface area contributed by atoms with Crippen molar-refractivity contribution in [3.05, 3.63) is 62.5 Å². The Morgan fingerprint density at radius 1 is 1.05 bits per heavy atom. The van der Waals surface area contributed by atoms with E-state index in [0.29, 0.717) is 25.8 Å². The first kappa shape index (κ1) is 15.7. The summed E-state index contributed by atoms with van der Waals surface area (Å²) >= 11 is 6.67. The molecule has 0 saturated carbocycles. The highest BCUT2D eigenvalue weighted by molar-refractivity contribution is 9.11. The highest BCUT2D eigenvalue weighted by atomic mass is 79.9. The Morgan fingerprint density at radius 3 is 2.43 bits per heavy atom. The number of halogens is 2. The first-order valence-corrected chi connectivity index (χ1v) is 7.55. The lowest BCUT2D eigenvalue weighted by Crippen LogP contribution is -2.13. The van der Waals surface area contributed by atoms with Crippen LogP contribution >= 0.6 is 31.9 Å². The van der Waals surface area contributed by atoms with Gasteiger partial charge in [-0.15, -0.1) is 0 Å². The van der Waals surface area contributed by atoms with Crippen LogP contribution in [0.4, 0.5) is 5.69 Å². The minimum atomic E-state index is -0.459. The Labute approximate surface area is 138 Å². The van der Waals surface area contributed by atoms with Gasteiger partial charge in [-0.25, -0.2) is 4.79 Å². The number of carbonyl (C=O) groups is 2. The lowest BCUT2D eigenvalue weighted by atomic mass is 10.1. The standard InChI is InChI=1S/C15H11Br2NO3/c1-21-15(20)9-6-7-12(17)13(8-9)18-14(19)10-4-2-3-5-11(10)16/h2-8H,1H3,(H,18,19). The van der Waals surface area contributed by atoms with Gasteiger partial charge in [0.05, 0.1) is 23.9 Å². The molecule has 1 N–H and O–H groups in total. The van der Waals surface area contributed by atoms with Crippen LogP contribution < -0.4 is 5.32 Å². The summed E-state index contributed by atoms with van der Waals surface area (Å²) < 4.78 is 6.04. The average molecular weight is 413 g/mol. The van der Waals surface area contributed by atoms with Crippen LogP contribution in [0.3, 0.4) is 0 Å². The van der Waals surface area contributed by atoms with Crippen LogP contribution in [0.2, 0.25) is 0 Å². The summed E-state index contributed by atoms with van der Waals surface area (Å²) in [4.78, 5) is 23.8. The predicted octanol–water partition coefficient (Wildman–Crippen LogP) is 4.25. The fraction of sp³-hybridized carbons (Fsp3) is 0.0667. The van der Waals surface area contributed by atoms with Crippen molar-refractivity contribution in [1.82, 2.24) is 0 Å². The number of rotatable bonds is 3. The van der Waals surface area contributed by atoms with Gasteiger partial charge in [0.2, 0.25) is 0 Å². The molecule has 0 radical (unpaired) electrons. The zero-order valence-electron chi connectivity index (χ0n) is 11.0. The van der Waals surface area contributed by atoms with Gasteiger partial charge in [0.25, 0.3) is 5.91 Å². The molecule has 0 spiro atoms. The molecule has 4 nitrogen and oxygen atoms in total. The summed E-state index contributed by atoms with van der Waals surface area (Å²) in [6.07, 6.45) is 0. The third kappa shape index (κ3) is 3.71. The zero-order valence-corrected chi connectivity index (χ0v) is 14.2. The molecule has 2 rings (SSSR count). The van der Waals surface area contributed by atoms with Crippen molar-refractivity contribution in [2.45, 2.75) is 0 Å². The first-order chi connectivity index (χ1) is 10.0. The number of amides is 1. The fourth-order valence-electron chi connectivity index (χ4n) is 1.70. The van der Waals surface area contributed by atoms with Crippen molar-refractivity contribution >= 4 is 49.4 Å². The number of esters is 1. The molecule has 0 aliphatic carbocycles. The largest absolute Gasteiger partial charge is 0.465 e. The molecule has 0 aromatic heterocycles. The molecule has 0 fully saturated rings. The highest BCUT2D eigenvalue weighted by Crippen LogP contribution is 2.25. The Morgan fingerprint density at radius 2 is 1.76 bits per heavy atom. The van der Waals surface area contributed by atoms with Gasteiger partial charge in [0.1, 0.15) is 0 Å². The van der Waals surface area contributed by atoms with Gasteiger partial charge in [0, 0.05) is 8.95 Å². The van der Waals surface area contributed by atoms with Crippen molar-refractivity contribution in [2.75, 3.05) is 12.4 Å². The second kappa shape index (κ2) is 6.87. The molecule has 21 heavy (non-hydrogen) atoms. The molecule has 2 aromatic carbocycles. The first-order valence-electron chi connectivity index (χ1n) is 5.96. The normalized spacial score (nSPS) is 10.0. The van der Waals surface area contributed by atoms with Gasteiger partial charge in [-0.2, -0.15) is 0 Å². The topological polar surface area (TPSA) is 55.4 Å². The molecule has 0 bridgehead atoms. The molecule has 1 amide bonds. The van der Waals surface area contributed by atoms with Crippen molar-refractivity contribution in [3.63, 3.8) is 0 Å². The lowest BCUT2D eigenvalue weighted by molar-refractivity contribution is 0.0600. The van der Waals surface area contributed by atoms with Crippen molar-refractivity contribution in [1.29, 1.82) is 0 Å². The number of methoxy groups -OCH3 is 1. The molecule has 0 saturated heterocycles. The van der Waals surface area contributed by atoms with Crippen LogP contribution in [0.5, 0.6) is 0 Å². The van der Waals surface area contributed by atoms with Gasteiger partial charge >= 0.3 is 5.97 Å². The van der Waals surface area contributed by atoms with Gasteiger partial charge in [-0.3, -0.25) is 4.79 Å². The molecule has 0 unspecified atom stereocenters. The highest BCUT2D eigenvalue weighted by Gasteiger charge is 2.13. The second-order valence-electron chi connectivity index (χ2n) is 4.12. The van der Waals surface area contributed by atoms with E-state index in [4.69, 9.17) is 0 Å². The van der Waals surface area contributed by atoms with E-state index >= 15 is 0 Å². The maximum absolute atomic E-state index is 12.3. The van der Waals surface area contributed by atoms with Crippen LogP contribution in [0.1, 0.15) is 20.7 Å². The average Bonchev–Trinajstić information content (AvgIpc) is 2.49. The molecule has 6 heteroatoms. The van der Waals surface area contributed by atoms with E-state index in [1.165, 1.54) is 7.11 Å². The van der Waals surface area contributed by atoms with Crippen molar-refractivity contribution in [2.24, 2.45) is 0 Å². The maximum Gasteiger partial charge on any atom is 0.337 e. The monoisotopic (exact) mass is 411 g/mol. The summed E-state index contributed by atoms with van der Waals surface area (Å²) in [7, 11) is 1.31. The van der Waals surface area contributed by atoms with Crippen molar-refractivity contribution in [3.8, 4) is 0 Å². The molecule has 2 aromatic rings. The Hall–Kier alpha value is -1.66. The van der Waals surface area contributed by atoms with E-state index in [-0.39, 0.29) is 5.91 Å². The number of hydrogen-bond donors (Lipinski definition) is 1. The molecule has 0 heterocycles. The quantitative estimate of drug-likeness (QED) is 0.766. The minimum Gasteiger partial charge on any atom is -0.465 e. The van der Waals surface area contributed by atoms with Gasteiger partial charge in [-0.1, -0.05) is 12.1 Å². The summed E-state index contributed by atoms with van der Waals surface area (Å²) in [6, 6.07) is 12.0. The Bertz CT molecular complexity index is 701. The third-order valence-electron chi connectivity index (χ3n) is 2.75. The van der Waals surface area contributed by atoms with Gasteiger partial charge in [0.15, 0.2) is 0 Å². The Balaban J connectivity index is 2.29. The molecular weight excluding hydrogens is 402 g/mol. The van der Waals surface area contributed by atoms with E-state index in [1.807, 2.05) is 6.07 Å². The summed E-state index contributed by atoms with van der Waals surface area (Å²) in [6.45, 7) is 0. The molecule has 0 atom stereocenters. The second-order valence-corrected chi connectivity index (χ2v) is 5.83. The SMILES string of the molecule is COC(=O)c1ccc(Br)c(NC(=O)c2ccccc2Br)c1. The molecule has 0 aliphatic heterocycles. The van der Waals surface area contributed by atoms with E-state index < -0.39 is 5.97 Å². The summed E-state index contributed by atoms with van der Waals surface area (Å²) in [5.74, 6) is -0.732. The maximum atomic E-state index is 12.3. The molecule has 108 valence electrons. The fourth-order valence-corrected chi connectivity index (χ4v) is 2.51. The van der Waals surface area contributed by atoms with Crippen LogP contribution in [0.25, 0.3) is 0 Å². The zero-order chi connectivity index (χ0) is 15.4. The number of nitrogens with one attached hydrogen (secondary N) is 1. The number of anilines is 1. The lowest BCUT2D eigenvalue weighted by Gasteiger charge is -2.10. The van der Waals surface area contributed by atoms with Gasteiger partial charge < -0.3 is 10.1 Å². The van der Waals surface area contributed by atoms with Crippen LogP contribution in [-0.4, -0.2) is 19.0 Å². The molecule has 0 aliphatic rings.